The second-order valence-corrected chi connectivity index (χ2v) is 14.3. The van der Waals surface area contributed by atoms with Crippen LogP contribution in [0.25, 0.3) is 11.1 Å². The summed E-state index contributed by atoms with van der Waals surface area (Å²) in [6.45, 7) is 18.6. The third kappa shape index (κ3) is 6.37. The van der Waals surface area contributed by atoms with Gasteiger partial charge in [-0.15, -0.1) is 0 Å². The minimum Gasteiger partial charge on any atom is -0.481 e. The normalized spacial score (nSPS) is 22.0. The van der Waals surface area contributed by atoms with Crippen LogP contribution in [0, 0.1) is 19.3 Å². The van der Waals surface area contributed by atoms with E-state index in [4.69, 9.17) is 15.0 Å². The van der Waals surface area contributed by atoms with Gasteiger partial charge in [-0.2, -0.15) is 4.98 Å². The Morgan fingerprint density at radius 1 is 0.933 bits per heavy atom. The Labute approximate surface area is 268 Å². The summed E-state index contributed by atoms with van der Waals surface area (Å²) in [5.41, 5.74) is 8.77. The van der Waals surface area contributed by atoms with Crippen molar-refractivity contribution in [3.8, 4) is 11.1 Å². The van der Waals surface area contributed by atoms with E-state index in [1.54, 1.807) is 0 Å². The van der Waals surface area contributed by atoms with Crippen molar-refractivity contribution >= 4 is 23.4 Å². The van der Waals surface area contributed by atoms with Gasteiger partial charge < -0.3 is 19.8 Å². The Hall–Kier alpha value is -3.72. The van der Waals surface area contributed by atoms with Crippen LogP contribution in [-0.4, -0.2) is 82.8 Å². The molecule has 0 aliphatic carbocycles. The molecule has 0 radical (unpaired) electrons. The maximum absolute atomic E-state index is 12.0. The molecule has 5 heterocycles. The summed E-state index contributed by atoms with van der Waals surface area (Å²) < 4.78 is 0. The number of piperidine rings is 1. The number of pyridine rings is 1. The minimum absolute atomic E-state index is 0.0216. The zero-order chi connectivity index (χ0) is 32.0. The Balaban J connectivity index is 1.29. The summed E-state index contributed by atoms with van der Waals surface area (Å²) in [7, 11) is 2.20. The Morgan fingerprint density at radius 3 is 2.33 bits per heavy atom. The monoisotopic (exact) mass is 611 g/mol. The second kappa shape index (κ2) is 12.2. The minimum atomic E-state index is -0.818. The van der Waals surface area contributed by atoms with Crippen molar-refractivity contribution < 1.29 is 9.90 Å². The van der Waals surface area contributed by atoms with Crippen LogP contribution in [0.2, 0.25) is 0 Å². The van der Waals surface area contributed by atoms with Crippen molar-refractivity contribution in [3.05, 3.63) is 58.5 Å². The molecule has 0 spiro atoms. The SMILES string of the molecule is Cc1nc(C)c(-c2ccc3c(c2)CCN(c2nccc(N4CC(C)N(C)C(C)C4)n2)C3)c(N2CCC(C)(C)CC2)c1CC(=O)O. The summed E-state index contributed by atoms with van der Waals surface area (Å²) >= 11 is 0. The van der Waals surface area contributed by atoms with Crippen LogP contribution in [0.4, 0.5) is 17.5 Å². The molecule has 2 atom stereocenters. The number of carboxylic acids is 1. The van der Waals surface area contributed by atoms with Gasteiger partial charge in [0.25, 0.3) is 0 Å². The molecular weight excluding hydrogens is 562 g/mol. The zero-order valence-electron chi connectivity index (χ0n) is 28.1. The van der Waals surface area contributed by atoms with Gasteiger partial charge in [0.1, 0.15) is 5.82 Å². The lowest BCUT2D eigenvalue weighted by atomic mass is 9.82. The van der Waals surface area contributed by atoms with Gasteiger partial charge in [0.15, 0.2) is 0 Å². The Morgan fingerprint density at radius 2 is 1.64 bits per heavy atom. The lowest BCUT2D eigenvalue weighted by molar-refractivity contribution is -0.136. The standard InChI is InChI=1S/C36H49N7O2/c1-23-20-43(21-24(2)40(23)7)31-10-14-37-35(39-31)42-15-11-27-18-28(8-9-29(27)22-42)33-26(4)38-25(3)30(19-32(44)45)34(33)41-16-12-36(5,6)13-17-41/h8-10,14,18,23-24H,11-13,15-17,19-22H2,1-7H3,(H,44,45). The topological polar surface area (TPSA) is 88.9 Å². The number of hydrogen-bond acceptors (Lipinski definition) is 8. The Bertz CT molecular complexity index is 1570. The summed E-state index contributed by atoms with van der Waals surface area (Å²) in [5, 5.41) is 9.86. The van der Waals surface area contributed by atoms with E-state index in [2.05, 4.69) is 79.5 Å². The molecule has 1 aromatic carbocycles. The molecule has 2 aromatic heterocycles. The van der Waals surface area contributed by atoms with E-state index in [0.29, 0.717) is 17.5 Å². The summed E-state index contributed by atoms with van der Waals surface area (Å²) in [4.78, 5) is 36.2. The smallest absolute Gasteiger partial charge is 0.307 e. The molecule has 2 saturated heterocycles. The van der Waals surface area contributed by atoms with E-state index in [0.717, 1.165) is 104 Å². The molecule has 0 saturated carbocycles. The largest absolute Gasteiger partial charge is 0.481 e. The molecule has 0 amide bonds. The van der Waals surface area contributed by atoms with Crippen LogP contribution < -0.4 is 14.7 Å². The number of benzene rings is 1. The molecule has 1 N–H and O–H groups in total. The number of hydrogen-bond donors (Lipinski definition) is 1. The van der Waals surface area contributed by atoms with Gasteiger partial charge >= 0.3 is 5.97 Å². The van der Waals surface area contributed by atoms with Crippen LogP contribution in [0.15, 0.2) is 30.5 Å². The van der Waals surface area contributed by atoms with Gasteiger partial charge in [0, 0.05) is 80.1 Å². The first kappa shape index (κ1) is 31.3. The first-order valence-corrected chi connectivity index (χ1v) is 16.5. The van der Waals surface area contributed by atoms with Crippen LogP contribution in [0.3, 0.4) is 0 Å². The highest BCUT2D eigenvalue weighted by Gasteiger charge is 2.31. The van der Waals surface area contributed by atoms with Crippen LogP contribution >= 0.6 is 0 Å². The van der Waals surface area contributed by atoms with Crippen molar-refractivity contribution in [2.24, 2.45) is 5.41 Å². The number of anilines is 3. The van der Waals surface area contributed by atoms with Crippen molar-refractivity contribution in [3.63, 3.8) is 0 Å². The van der Waals surface area contributed by atoms with E-state index in [9.17, 15) is 9.90 Å². The zero-order valence-corrected chi connectivity index (χ0v) is 28.1. The molecule has 3 aliphatic rings. The number of aromatic nitrogens is 3. The quantitative estimate of drug-likeness (QED) is 0.388. The number of aryl methyl sites for hydroxylation is 2. The number of carbonyl (C=O) groups is 1. The fourth-order valence-corrected chi connectivity index (χ4v) is 7.40. The average Bonchev–Trinajstić information content (AvgIpc) is 3.00. The number of aliphatic carboxylic acids is 1. The summed E-state index contributed by atoms with van der Waals surface area (Å²) in [6.07, 6.45) is 4.93. The van der Waals surface area contributed by atoms with Gasteiger partial charge in [0.05, 0.1) is 12.1 Å². The van der Waals surface area contributed by atoms with Crippen LogP contribution in [-0.2, 0) is 24.2 Å². The molecule has 9 heteroatoms. The van der Waals surface area contributed by atoms with E-state index < -0.39 is 5.97 Å². The van der Waals surface area contributed by atoms with Gasteiger partial charge in [0.2, 0.25) is 5.95 Å². The van der Waals surface area contributed by atoms with Crippen molar-refractivity contribution in [1.29, 1.82) is 0 Å². The van der Waals surface area contributed by atoms with Crippen LogP contribution in [0.5, 0.6) is 0 Å². The van der Waals surface area contributed by atoms with E-state index >= 15 is 0 Å². The first-order valence-electron chi connectivity index (χ1n) is 16.5. The number of nitrogens with zero attached hydrogens (tertiary/aromatic N) is 7. The maximum atomic E-state index is 12.0. The fraction of sp³-hybridized carbons (Fsp3) is 0.556. The number of rotatable bonds is 6. The highest BCUT2D eigenvalue weighted by Crippen LogP contribution is 2.42. The predicted molar refractivity (Wildman–Crippen MR) is 181 cm³/mol. The van der Waals surface area contributed by atoms with Crippen LogP contribution in [0.1, 0.15) is 68.6 Å². The summed E-state index contributed by atoms with van der Waals surface area (Å²) in [5.74, 6) is 0.969. The molecule has 2 unspecified atom stereocenters. The highest BCUT2D eigenvalue weighted by atomic mass is 16.4. The molecule has 2 fully saturated rings. The van der Waals surface area contributed by atoms with Crippen molar-refractivity contribution in [2.75, 3.05) is 54.5 Å². The van der Waals surface area contributed by atoms with Gasteiger partial charge in [-0.05, 0) is 82.2 Å². The van der Waals surface area contributed by atoms with E-state index in [1.165, 1.54) is 11.1 Å². The molecule has 240 valence electrons. The molecule has 3 aliphatic heterocycles. The first-order chi connectivity index (χ1) is 21.4. The molecular formula is C36H49N7O2. The lowest BCUT2D eigenvalue weighted by Gasteiger charge is -2.43. The highest BCUT2D eigenvalue weighted by molar-refractivity contribution is 5.86. The van der Waals surface area contributed by atoms with E-state index in [-0.39, 0.29) is 6.42 Å². The third-order valence-electron chi connectivity index (χ3n) is 10.5. The number of carboxylic acid groups (broad SMARTS) is 1. The lowest BCUT2D eigenvalue weighted by Crippen LogP contribution is -2.55. The fourth-order valence-electron chi connectivity index (χ4n) is 7.40. The summed E-state index contributed by atoms with van der Waals surface area (Å²) in [6, 6.07) is 9.74. The maximum Gasteiger partial charge on any atom is 0.307 e. The second-order valence-electron chi connectivity index (χ2n) is 14.3. The number of fused-ring (bicyclic) bond motifs is 1. The molecule has 3 aromatic rings. The Kier molecular flexibility index (Phi) is 8.50. The van der Waals surface area contributed by atoms with Crippen molar-refractivity contribution in [1.82, 2.24) is 19.9 Å². The van der Waals surface area contributed by atoms with Gasteiger partial charge in [-0.3, -0.25) is 14.7 Å². The molecule has 45 heavy (non-hydrogen) atoms. The third-order valence-corrected chi connectivity index (χ3v) is 10.5. The van der Waals surface area contributed by atoms with E-state index in [1.807, 2.05) is 19.2 Å². The number of likely N-dealkylation sites (N-methyl/N-ethyl adjacent to an activating group) is 1. The average molecular weight is 612 g/mol. The predicted octanol–water partition coefficient (Wildman–Crippen LogP) is 5.50. The molecule has 6 rings (SSSR count). The van der Waals surface area contributed by atoms with Gasteiger partial charge in [-0.25, -0.2) is 4.98 Å². The number of piperazine rings is 1. The van der Waals surface area contributed by atoms with Crippen molar-refractivity contribution in [2.45, 2.75) is 85.9 Å². The molecule has 9 nitrogen and oxygen atoms in total. The van der Waals surface area contributed by atoms with Gasteiger partial charge in [-0.1, -0.05) is 32.0 Å². The molecule has 0 bridgehead atoms.